The number of carbonyl (C=O) groups excluding carboxylic acids is 2. The largest absolute Gasteiger partial charge is 0.464 e. The third-order valence-corrected chi connectivity index (χ3v) is 6.22. The molecule has 0 fully saturated rings. The number of aromatic amines is 1. The molecule has 3 aromatic rings. The summed E-state index contributed by atoms with van der Waals surface area (Å²) in [5.74, 6) is -0.329. The van der Waals surface area contributed by atoms with Crippen LogP contribution in [0.1, 0.15) is 53.6 Å². The van der Waals surface area contributed by atoms with Crippen LogP contribution in [0.15, 0.2) is 66.7 Å². The highest BCUT2D eigenvalue weighted by Crippen LogP contribution is 2.37. The van der Waals surface area contributed by atoms with Crippen molar-refractivity contribution in [1.29, 1.82) is 0 Å². The highest BCUT2D eigenvalue weighted by atomic mass is 16.5. The van der Waals surface area contributed by atoms with E-state index in [9.17, 15) is 9.59 Å². The minimum atomic E-state index is -0.463. The molecular formula is C26H29N3O3. The van der Waals surface area contributed by atoms with E-state index >= 15 is 0 Å². The molecule has 32 heavy (non-hydrogen) atoms. The zero-order valence-corrected chi connectivity index (χ0v) is 18.7. The molecular weight excluding hydrogens is 402 g/mol. The monoisotopic (exact) mass is 431 g/mol. The number of ether oxygens (including phenoxy) is 1. The number of benzene rings is 2. The van der Waals surface area contributed by atoms with Gasteiger partial charge >= 0.3 is 5.97 Å². The fraction of sp³-hybridized carbons (Fsp3) is 0.308. The molecule has 2 aromatic carbocycles. The lowest BCUT2D eigenvalue weighted by Crippen LogP contribution is -2.48. The van der Waals surface area contributed by atoms with E-state index in [1.54, 1.807) is 11.0 Å². The number of hydrogen-bond acceptors (Lipinski definition) is 4. The number of rotatable bonds is 6. The first kappa shape index (κ1) is 21.8. The first-order valence-electron chi connectivity index (χ1n) is 11.0. The number of nitrogens with one attached hydrogen (secondary N) is 2. The zero-order chi connectivity index (χ0) is 22.7. The molecule has 2 heterocycles. The van der Waals surface area contributed by atoms with Crippen LogP contribution in [0.5, 0.6) is 0 Å². The second kappa shape index (κ2) is 9.40. The Labute approximate surface area is 188 Å². The number of nitrogens with zero attached hydrogens (tertiary/aromatic N) is 1. The number of anilines is 1. The maximum atomic E-state index is 13.9. The van der Waals surface area contributed by atoms with Gasteiger partial charge in [0, 0.05) is 0 Å². The topological polar surface area (TPSA) is 74.4 Å². The molecule has 1 amide bonds. The van der Waals surface area contributed by atoms with Gasteiger partial charge in [-0.2, -0.15) is 0 Å². The van der Waals surface area contributed by atoms with Gasteiger partial charge in [-0.25, -0.2) is 4.79 Å². The molecule has 0 saturated carbocycles. The lowest BCUT2D eigenvalue weighted by molar-refractivity contribution is -0.121. The van der Waals surface area contributed by atoms with Crippen LogP contribution in [0.2, 0.25) is 0 Å². The summed E-state index contributed by atoms with van der Waals surface area (Å²) in [5, 5.41) is 3.60. The predicted molar refractivity (Wildman–Crippen MR) is 124 cm³/mol. The molecule has 0 saturated heterocycles. The van der Waals surface area contributed by atoms with Crippen LogP contribution in [0.3, 0.4) is 0 Å². The summed E-state index contributed by atoms with van der Waals surface area (Å²) in [7, 11) is 1.35. The van der Waals surface area contributed by atoms with E-state index in [4.69, 9.17) is 4.74 Å². The Kier molecular flexibility index (Phi) is 6.42. The molecule has 0 spiro atoms. The Balaban J connectivity index is 1.88. The Morgan fingerprint density at radius 3 is 2.38 bits per heavy atom. The van der Waals surface area contributed by atoms with Gasteiger partial charge in [0.2, 0.25) is 5.91 Å². The standard InChI is InChI=1S/C26H29N3O3/c1-4-17(2)22-25(30)29(16-18-11-7-5-8-12-18)21-15-20(26(31)32-3)27-24(21)23(28-22)19-13-9-6-10-14-19/h5-15,17,22-23,27-28H,4,16H2,1-3H3/t17-,22-,23+/m0/s1. The normalized spacial score (nSPS) is 19.2. The van der Waals surface area contributed by atoms with Crippen molar-refractivity contribution in [2.45, 2.75) is 38.9 Å². The molecule has 4 rings (SSSR count). The molecule has 166 valence electrons. The van der Waals surface area contributed by atoms with Gasteiger partial charge in [0.05, 0.1) is 37.1 Å². The van der Waals surface area contributed by atoms with Gasteiger partial charge in [-0.1, -0.05) is 80.9 Å². The quantitative estimate of drug-likeness (QED) is 0.566. The maximum absolute atomic E-state index is 13.9. The molecule has 3 atom stereocenters. The van der Waals surface area contributed by atoms with Crippen molar-refractivity contribution >= 4 is 17.6 Å². The van der Waals surface area contributed by atoms with Crippen LogP contribution in [0.25, 0.3) is 0 Å². The van der Waals surface area contributed by atoms with Gasteiger partial charge in [0.1, 0.15) is 5.69 Å². The van der Waals surface area contributed by atoms with Gasteiger partial charge < -0.3 is 14.6 Å². The third kappa shape index (κ3) is 4.18. The number of amides is 1. The summed E-state index contributed by atoms with van der Waals surface area (Å²) >= 11 is 0. The van der Waals surface area contributed by atoms with Crippen LogP contribution < -0.4 is 10.2 Å². The zero-order valence-electron chi connectivity index (χ0n) is 18.7. The van der Waals surface area contributed by atoms with Crippen molar-refractivity contribution in [3.05, 3.63) is 89.2 Å². The van der Waals surface area contributed by atoms with Crippen molar-refractivity contribution < 1.29 is 14.3 Å². The molecule has 6 nitrogen and oxygen atoms in total. The Morgan fingerprint density at radius 2 is 1.75 bits per heavy atom. The van der Waals surface area contributed by atoms with Crippen LogP contribution >= 0.6 is 0 Å². The SMILES string of the molecule is CC[C@H](C)[C@@H]1N[C@H](c2ccccc2)c2[nH]c(C(=O)OC)cc2N(Cc2ccccc2)C1=O. The van der Waals surface area contributed by atoms with Gasteiger partial charge in [-0.05, 0) is 23.1 Å². The molecule has 1 aliphatic rings. The first-order chi connectivity index (χ1) is 15.5. The summed E-state index contributed by atoms with van der Waals surface area (Å²) < 4.78 is 4.95. The smallest absolute Gasteiger partial charge is 0.354 e. The number of methoxy groups -OCH3 is 1. The van der Waals surface area contributed by atoms with E-state index < -0.39 is 5.97 Å². The minimum absolute atomic E-state index is 0.00157. The highest BCUT2D eigenvalue weighted by molar-refractivity contribution is 6.00. The Hall–Kier alpha value is -3.38. The average Bonchev–Trinajstić information content (AvgIpc) is 3.23. The van der Waals surface area contributed by atoms with E-state index in [1.165, 1.54) is 7.11 Å². The van der Waals surface area contributed by atoms with Crippen molar-refractivity contribution in [3.8, 4) is 0 Å². The summed E-state index contributed by atoms with van der Waals surface area (Å²) in [5.41, 5.74) is 3.86. The van der Waals surface area contributed by atoms with Crippen LogP contribution in [0.4, 0.5) is 5.69 Å². The van der Waals surface area contributed by atoms with E-state index in [0.717, 1.165) is 23.2 Å². The lowest BCUT2D eigenvalue weighted by atomic mass is 9.96. The predicted octanol–water partition coefficient (Wildman–Crippen LogP) is 4.44. The molecule has 2 N–H and O–H groups in total. The van der Waals surface area contributed by atoms with E-state index in [-0.39, 0.29) is 23.9 Å². The van der Waals surface area contributed by atoms with E-state index in [1.807, 2.05) is 60.7 Å². The highest BCUT2D eigenvalue weighted by Gasteiger charge is 2.39. The van der Waals surface area contributed by atoms with Gasteiger partial charge in [0.25, 0.3) is 0 Å². The number of fused-ring (bicyclic) bond motifs is 1. The van der Waals surface area contributed by atoms with Crippen LogP contribution in [-0.4, -0.2) is 30.0 Å². The number of esters is 1. The van der Waals surface area contributed by atoms with Crippen molar-refractivity contribution in [1.82, 2.24) is 10.3 Å². The molecule has 0 unspecified atom stereocenters. The fourth-order valence-electron chi connectivity index (χ4n) is 4.22. The van der Waals surface area contributed by atoms with Crippen molar-refractivity contribution in [3.63, 3.8) is 0 Å². The molecule has 0 aliphatic carbocycles. The van der Waals surface area contributed by atoms with Crippen molar-refractivity contribution in [2.75, 3.05) is 12.0 Å². The molecule has 1 aliphatic heterocycles. The first-order valence-corrected chi connectivity index (χ1v) is 11.0. The van der Waals surface area contributed by atoms with E-state index in [0.29, 0.717) is 17.9 Å². The van der Waals surface area contributed by atoms with Crippen molar-refractivity contribution in [2.24, 2.45) is 5.92 Å². The third-order valence-electron chi connectivity index (χ3n) is 6.22. The second-order valence-corrected chi connectivity index (χ2v) is 8.26. The maximum Gasteiger partial charge on any atom is 0.354 e. The Bertz CT molecular complexity index is 1080. The molecule has 1 aromatic heterocycles. The van der Waals surface area contributed by atoms with E-state index in [2.05, 4.69) is 24.1 Å². The number of H-pyrrole nitrogens is 1. The summed E-state index contributed by atoms with van der Waals surface area (Å²) in [6.45, 7) is 4.61. The summed E-state index contributed by atoms with van der Waals surface area (Å²) in [6.07, 6.45) is 0.867. The lowest BCUT2D eigenvalue weighted by Gasteiger charge is -2.29. The van der Waals surface area contributed by atoms with Gasteiger partial charge in [-0.15, -0.1) is 0 Å². The molecule has 0 radical (unpaired) electrons. The number of carbonyl (C=O) groups is 2. The fourth-order valence-corrected chi connectivity index (χ4v) is 4.22. The number of hydrogen-bond donors (Lipinski definition) is 2. The van der Waals surface area contributed by atoms with Gasteiger partial charge in [0.15, 0.2) is 0 Å². The summed E-state index contributed by atoms with van der Waals surface area (Å²) in [6, 6.07) is 21.0. The number of aromatic nitrogens is 1. The van der Waals surface area contributed by atoms with Crippen LogP contribution in [-0.2, 0) is 16.1 Å². The molecule has 6 heteroatoms. The van der Waals surface area contributed by atoms with Crippen LogP contribution in [0, 0.1) is 5.92 Å². The average molecular weight is 432 g/mol. The molecule has 0 bridgehead atoms. The minimum Gasteiger partial charge on any atom is -0.464 e. The van der Waals surface area contributed by atoms with Gasteiger partial charge in [-0.3, -0.25) is 10.1 Å². The second-order valence-electron chi connectivity index (χ2n) is 8.26. The summed E-state index contributed by atoms with van der Waals surface area (Å²) in [4.78, 5) is 31.3. The Morgan fingerprint density at radius 1 is 1.09 bits per heavy atom.